The van der Waals surface area contributed by atoms with Crippen LogP contribution in [-0.2, 0) is 42.8 Å². The Morgan fingerprint density at radius 1 is 1.00 bits per heavy atom. The molecule has 4 aliphatic rings. The van der Waals surface area contributed by atoms with E-state index in [0.29, 0.717) is 12.8 Å². The van der Waals surface area contributed by atoms with Crippen molar-refractivity contribution in [3.8, 4) is 11.8 Å². The smallest absolute Gasteiger partial charge is 0.411 e. The van der Waals surface area contributed by atoms with E-state index in [1.54, 1.807) is 32.8 Å². The number of esters is 1. The number of fused-ring (bicyclic) bond motifs is 1. The van der Waals surface area contributed by atoms with Gasteiger partial charge in [-0.15, -0.1) is 0 Å². The molecule has 1 N–H and O–H groups in total. The van der Waals surface area contributed by atoms with E-state index in [4.69, 9.17) is 33.4 Å². The lowest BCUT2D eigenvalue weighted by Gasteiger charge is -2.49. The molecule has 0 aromatic carbocycles. The van der Waals surface area contributed by atoms with Gasteiger partial charge in [0.15, 0.2) is 17.7 Å². The lowest BCUT2D eigenvalue weighted by molar-refractivity contribution is -0.300. The maximum Gasteiger partial charge on any atom is 0.411 e. The molecule has 0 spiro atoms. The standard InChI is InChI=1S/C43H69N3O11/c1-17-29-43(13)33-26(4)31(44-40(8,9)41(10,11)46(33)38(51)57-43)24(2)23-42(12,53-21-19-18-20-30(47)48)35(27(5)34(49)39(6,7)37(50)55-29)56-36-32(52-16)28(45(14)15)22-25(3)54-36/h24-29,32-33,35-36H,17,20-23H2,1-16H3,(H,47,48)/t24-,25-,26+,27+,28+,29-,32-,33-,35-,36+,42+,43-/m1/s1. The predicted octanol–water partition coefficient (Wildman–Crippen LogP) is 5.53. The third-order valence-electron chi connectivity index (χ3n) is 13.5. The summed E-state index contributed by atoms with van der Waals surface area (Å²) in [5.74, 6) is 1.51. The number of methoxy groups -OCH3 is 1. The second-order valence-corrected chi connectivity index (χ2v) is 18.9. The van der Waals surface area contributed by atoms with Gasteiger partial charge in [0.05, 0.1) is 34.9 Å². The minimum Gasteiger partial charge on any atom is -0.481 e. The number of Topliss-reactive ketones (excluding diaryl/α,β-unsaturated/α-hetero) is 1. The van der Waals surface area contributed by atoms with Gasteiger partial charge in [-0.05, 0) is 102 Å². The van der Waals surface area contributed by atoms with Gasteiger partial charge in [0.1, 0.15) is 30.7 Å². The van der Waals surface area contributed by atoms with Crippen molar-refractivity contribution in [3.63, 3.8) is 0 Å². The van der Waals surface area contributed by atoms with E-state index in [9.17, 15) is 24.3 Å². The quantitative estimate of drug-likeness (QED) is 0.186. The number of rotatable bonds is 8. The van der Waals surface area contributed by atoms with Gasteiger partial charge < -0.3 is 38.4 Å². The van der Waals surface area contributed by atoms with Gasteiger partial charge in [0.25, 0.3) is 0 Å². The number of cyclic esters (lactones) is 1. The fourth-order valence-corrected chi connectivity index (χ4v) is 9.68. The summed E-state index contributed by atoms with van der Waals surface area (Å²) in [6.45, 7) is 24.2. The molecular weight excluding hydrogens is 734 g/mol. The van der Waals surface area contributed by atoms with Crippen molar-refractivity contribution in [2.75, 3.05) is 27.8 Å². The van der Waals surface area contributed by atoms with Crippen LogP contribution in [0.3, 0.4) is 0 Å². The minimum atomic E-state index is -1.68. The molecule has 14 nitrogen and oxygen atoms in total. The van der Waals surface area contributed by atoms with Gasteiger partial charge in [-0.3, -0.25) is 24.3 Å². The van der Waals surface area contributed by atoms with Crippen LogP contribution in [0.4, 0.5) is 4.79 Å². The maximum absolute atomic E-state index is 14.9. The second-order valence-electron chi connectivity index (χ2n) is 18.9. The van der Waals surface area contributed by atoms with Crippen molar-refractivity contribution in [2.45, 2.75) is 181 Å². The summed E-state index contributed by atoms with van der Waals surface area (Å²) in [6.07, 6.45) is -3.28. The Hall–Kier alpha value is -3.09. The molecule has 2 bridgehead atoms. The first-order valence-electron chi connectivity index (χ1n) is 20.4. The Bertz CT molecular complexity index is 1630. The predicted molar refractivity (Wildman–Crippen MR) is 214 cm³/mol. The van der Waals surface area contributed by atoms with Crippen LogP contribution >= 0.6 is 0 Å². The first kappa shape index (κ1) is 46.6. The zero-order valence-electron chi connectivity index (χ0n) is 37.2. The molecule has 3 saturated heterocycles. The molecule has 4 aliphatic heterocycles. The highest BCUT2D eigenvalue weighted by Gasteiger charge is 2.66. The zero-order chi connectivity index (χ0) is 43.2. The van der Waals surface area contributed by atoms with Crippen LogP contribution in [0.15, 0.2) is 4.99 Å². The molecule has 3 fully saturated rings. The third kappa shape index (κ3) is 8.65. The van der Waals surface area contributed by atoms with E-state index in [1.807, 2.05) is 76.4 Å². The van der Waals surface area contributed by atoms with Gasteiger partial charge >= 0.3 is 18.0 Å². The molecule has 0 aliphatic carbocycles. The van der Waals surface area contributed by atoms with E-state index in [2.05, 4.69) is 23.7 Å². The fraction of sp³-hybridized carbons (Fsp3) is 0.837. The van der Waals surface area contributed by atoms with Gasteiger partial charge in [-0.25, -0.2) is 4.79 Å². The number of aliphatic carboxylic acids is 1. The van der Waals surface area contributed by atoms with Crippen LogP contribution in [0.5, 0.6) is 0 Å². The number of ketones is 1. The number of ether oxygens (including phenoxy) is 6. The Labute approximate surface area is 340 Å². The van der Waals surface area contributed by atoms with Crippen LogP contribution in [0.25, 0.3) is 0 Å². The summed E-state index contributed by atoms with van der Waals surface area (Å²) >= 11 is 0. The third-order valence-corrected chi connectivity index (χ3v) is 13.5. The number of hydrogen-bond donors (Lipinski definition) is 1. The molecule has 57 heavy (non-hydrogen) atoms. The highest BCUT2D eigenvalue weighted by molar-refractivity contribution is 6.04. The summed E-state index contributed by atoms with van der Waals surface area (Å²) in [7, 11) is 5.53. The molecule has 0 radical (unpaired) electrons. The molecule has 0 saturated carbocycles. The molecular formula is C43H69N3O11. The lowest BCUT2D eigenvalue weighted by atomic mass is 9.71. The van der Waals surface area contributed by atoms with Crippen molar-refractivity contribution in [1.82, 2.24) is 9.80 Å². The summed E-state index contributed by atoms with van der Waals surface area (Å²) < 4.78 is 38.9. The summed E-state index contributed by atoms with van der Waals surface area (Å²) in [6, 6.07) is -0.691. The number of amides is 1. The minimum absolute atomic E-state index is 0.0842. The number of hydrogen-bond acceptors (Lipinski definition) is 12. The van der Waals surface area contributed by atoms with Crippen LogP contribution < -0.4 is 0 Å². The number of likely N-dealkylation sites (N-methyl/N-ethyl adjacent to an activating group) is 1. The molecule has 0 aromatic rings. The highest BCUT2D eigenvalue weighted by atomic mass is 16.7. The molecule has 4 rings (SSSR count). The molecule has 322 valence electrons. The SMILES string of the molecule is CC[C@H]1OC(=O)C(C)(C)C(=O)[C@H](C)[C@@H](O[C@@H]2O[C@H](C)C[C@H](N(C)C)[C@H]2OC)[C@@](C)(OCC#CCC(=O)O)C[C@@H](C)C2=NC(C)(C)C(C)(C)N3C(=O)O[C@@]1(C)[C@H]3[C@H]2C. The van der Waals surface area contributed by atoms with Crippen LogP contribution in [0.1, 0.15) is 116 Å². The van der Waals surface area contributed by atoms with E-state index < -0.39 is 88.1 Å². The van der Waals surface area contributed by atoms with Gasteiger partial charge in [-0.2, -0.15) is 0 Å². The monoisotopic (exact) mass is 803 g/mol. The Balaban J connectivity index is 2.00. The maximum atomic E-state index is 14.9. The number of carboxylic acids is 1. The average molecular weight is 804 g/mol. The average Bonchev–Trinajstić information content (AvgIpc) is 3.36. The summed E-state index contributed by atoms with van der Waals surface area (Å²) in [5, 5.41) is 9.26. The summed E-state index contributed by atoms with van der Waals surface area (Å²) in [5.41, 5.74) is -5.15. The Morgan fingerprint density at radius 2 is 1.63 bits per heavy atom. The van der Waals surface area contributed by atoms with Crippen molar-refractivity contribution < 1.29 is 52.7 Å². The van der Waals surface area contributed by atoms with Gasteiger partial charge in [0.2, 0.25) is 0 Å². The van der Waals surface area contributed by atoms with Crippen LogP contribution in [-0.4, -0.2) is 137 Å². The van der Waals surface area contributed by atoms with Crippen LogP contribution in [0.2, 0.25) is 0 Å². The topological polar surface area (TPSA) is 163 Å². The largest absolute Gasteiger partial charge is 0.481 e. The molecule has 4 heterocycles. The van der Waals surface area contributed by atoms with E-state index in [0.717, 1.165) is 5.71 Å². The van der Waals surface area contributed by atoms with Crippen molar-refractivity contribution in [2.24, 2.45) is 28.2 Å². The second kappa shape index (κ2) is 16.9. The Morgan fingerprint density at radius 3 is 2.19 bits per heavy atom. The van der Waals surface area contributed by atoms with Gasteiger partial charge in [-0.1, -0.05) is 39.5 Å². The zero-order valence-corrected chi connectivity index (χ0v) is 37.2. The molecule has 12 atom stereocenters. The van der Waals surface area contributed by atoms with E-state index in [1.165, 1.54) is 0 Å². The normalized spacial score (nSPS) is 39.2. The fourth-order valence-electron chi connectivity index (χ4n) is 9.68. The molecule has 0 aromatic heterocycles. The number of carbonyl (C=O) groups excluding carboxylic acids is 3. The number of carboxylic acid groups (broad SMARTS) is 1. The van der Waals surface area contributed by atoms with E-state index >= 15 is 0 Å². The first-order valence-corrected chi connectivity index (χ1v) is 20.4. The van der Waals surface area contributed by atoms with Crippen molar-refractivity contribution in [3.05, 3.63) is 0 Å². The lowest BCUT2D eigenvalue weighted by Crippen LogP contribution is -2.64. The first-order chi connectivity index (χ1) is 26.2. The molecule has 1 amide bonds. The summed E-state index contributed by atoms with van der Waals surface area (Å²) in [4.78, 5) is 64.1. The number of aliphatic imine (C=N–C) groups is 1. The van der Waals surface area contributed by atoms with Crippen LogP contribution in [0, 0.1) is 35.0 Å². The van der Waals surface area contributed by atoms with E-state index in [-0.39, 0.29) is 43.4 Å². The van der Waals surface area contributed by atoms with Crippen molar-refractivity contribution >= 4 is 29.5 Å². The number of carbonyl (C=O) groups is 4. The Kier molecular flexibility index (Phi) is 13.8. The highest BCUT2D eigenvalue weighted by Crippen LogP contribution is 2.50. The van der Waals surface area contributed by atoms with Gasteiger partial charge in [0, 0.05) is 30.7 Å². The molecule has 0 unspecified atom stereocenters. The van der Waals surface area contributed by atoms with Crippen molar-refractivity contribution in [1.29, 1.82) is 0 Å². The number of nitrogens with zero attached hydrogens (tertiary/aromatic N) is 3. The molecule has 14 heteroatoms.